The average Bonchev–Trinajstić information content (AvgIpc) is 2.26. The number of ether oxygens (including phenoxy) is 1. The summed E-state index contributed by atoms with van der Waals surface area (Å²) in [4.78, 5) is 23.1. The smallest absolute Gasteiger partial charge is 0.343 e. The number of methoxy groups -OCH3 is 1. The molecule has 1 aromatic heterocycles. The number of esters is 1. The Morgan fingerprint density at radius 3 is 2.75 bits per heavy atom. The van der Waals surface area contributed by atoms with Crippen LogP contribution in [-0.2, 0) is 11.3 Å². The largest absolute Gasteiger partial charge is 0.465 e. The van der Waals surface area contributed by atoms with Gasteiger partial charge in [0, 0.05) is 12.7 Å². The average molecular weight is 221 g/mol. The summed E-state index contributed by atoms with van der Waals surface area (Å²) >= 11 is 0. The van der Waals surface area contributed by atoms with E-state index in [1.54, 1.807) is 12.3 Å². The summed E-state index contributed by atoms with van der Waals surface area (Å²) in [6, 6.07) is 3.12. The van der Waals surface area contributed by atoms with Gasteiger partial charge < -0.3 is 9.30 Å². The van der Waals surface area contributed by atoms with E-state index in [4.69, 9.17) is 0 Å². The Hall–Kier alpha value is -1.84. The third-order valence-corrected chi connectivity index (χ3v) is 2.12. The molecule has 0 amide bonds. The Balaban J connectivity index is 3.09. The summed E-state index contributed by atoms with van der Waals surface area (Å²) in [5.41, 5.74) is 0.856. The summed E-state index contributed by atoms with van der Waals surface area (Å²) in [7, 11) is 1.26. The van der Waals surface area contributed by atoms with Gasteiger partial charge in [-0.25, -0.2) is 4.79 Å². The third-order valence-electron chi connectivity index (χ3n) is 2.12. The van der Waals surface area contributed by atoms with Crippen LogP contribution in [0.4, 0.5) is 0 Å². The van der Waals surface area contributed by atoms with Crippen molar-refractivity contribution in [2.45, 2.75) is 20.4 Å². The van der Waals surface area contributed by atoms with Crippen LogP contribution in [0.25, 0.3) is 0 Å². The van der Waals surface area contributed by atoms with Crippen LogP contribution in [-0.4, -0.2) is 17.6 Å². The van der Waals surface area contributed by atoms with Crippen LogP contribution in [0.5, 0.6) is 0 Å². The highest BCUT2D eigenvalue weighted by atomic mass is 16.5. The minimum Gasteiger partial charge on any atom is -0.465 e. The molecule has 0 bridgehead atoms. The van der Waals surface area contributed by atoms with Crippen molar-refractivity contribution in [3.8, 4) is 0 Å². The maximum absolute atomic E-state index is 11.8. The number of pyridine rings is 1. The Morgan fingerprint density at radius 1 is 1.50 bits per heavy atom. The predicted octanol–water partition coefficient (Wildman–Crippen LogP) is 1.60. The molecule has 0 fully saturated rings. The molecule has 16 heavy (non-hydrogen) atoms. The molecule has 0 N–H and O–H groups in total. The number of allylic oxidation sites excluding steroid dienone is 2. The van der Waals surface area contributed by atoms with Gasteiger partial charge in [-0.3, -0.25) is 4.79 Å². The second-order valence-corrected chi connectivity index (χ2v) is 3.65. The molecule has 0 saturated carbocycles. The van der Waals surface area contributed by atoms with Gasteiger partial charge in [0.2, 0.25) is 0 Å². The zero-order valence-electron chi connectivity index (χ0n) is 9.69. The Labute approximate surface area is 94.2 Å². The second kappa shape index (κ2) is 5.30. The van der Waals surface area contributed by atoms with Crippen molar-refractivity contribution in [3.63, 3.8) is 0 Å². The fourth-order valence-electron chi connectivity index (χ4n) is 1.23. The molecule has 0 radical (unpaired) electrons. The van der Waals surface area contributed by atoms with Crippen LogP contribution in [0.3, 0.4) is 0 Å². The Kier molecular flexibility index (Phi) is 4.05. The summed E-state index contributed by atoms with van der Waals surface area (Å²) in [6.45, 7) is 4.37. The van der Waals surface area contributed by atoms with Gasteiger partial charge >= 0.3 is 5.97 Å². The van der Waals surface area contributed by atoms with Gasteiger partial charge in [-0.15, -0.1) is 0 Å². The quantitative estimate of drug-likeness (QED) is 0.575. The maximum atomic E-state index is 11.8. The summed E-state index contributed by atoms with van der Waals surface area (Å²) < 4.78 is 6.00. The zero-order chi connectivity index (χ0) is 12.1. The predicted molar refractivity (Wildman–Crippen MR) is 61.5 cm³/mol. The topological polar surface area (TPSA) is 48.3 Å². The van der Waals surface area contributed by atoms with E-state index in [2.05, 4.69) is 4.74 Å². The molecule has 0 aliphatic rings. The normalized spacial score (nSPS) is 9.69. The highest BCUT2D eigenvalue weighted by Gasteiger charge is 2.11. The first kappa shape index (κ1) is 12.2. The van der Waals surface area contributed by atoms with Crippen LogP contribution < -0.4 is 5.56 Å². The first-order chi connectivity index (χ1) is 7.56. The van der Waals surface area contributed by atoms with Gasteiger partial charge in [0.25, 0.3) is 5.56 Å². The molecule has 0 aromatic carbocycles. The molecular formula is C12H15NO3. The lowest BCUT2D eigenvalue weighted by Gasteiger charge is -2.04. The Morgan fingerprint density at radius 2 is 2.19 bits per heavy atom. The molecule has 86 valence electrons. The number of aromatic nitrogens is 1. The van der Waals surface area contributed by atoms with Crippen molar-refractivity contribution in [2.75, 3.05) is 7.11 Å². The minimum atomic E-state index is -0.600. The van der Waals surface area contributed by atoms with Crippen LogP contribution in [0.1, 0.15) is 24.2 Å². The van der Waals surface area contributed by atoms with E-state index in [-0.39, 0.29) is 11.1 Å². The monoisotopic (exact) mass is 221 g/mol. The van der Waals surface area contributed by atoms with Gasteiger partial charge in [0.1, 0.15) is 5.56 Å². The molecule has 4 nitrogen and oxygen atoms in total. The molecule has 0 aliphatic heterocycles. The highest BCUT2D eigenvalue weighted by Crippen LogP contribution is 1.96. The van der Waals surface area contributed by atoms with Gasteiger partial charge in [-0.2, -0.15) is 0 Å². The number of carbonyl (C=O) groups excluding carboxylic acids is 1. The van der Waals surface area contributed by atoms with Crippen molar-refractivity contribution in [1.29, 1.82) is 0 Å². The summed E-state index contributed by atoms with van der Waals surface area (Å²) in [5, 5.41) is 0. The van der Waals surface area contributed by atoms with E-state index in [1.165, 1.54) is 17.7 Å². The molecule has 1 aromatic rings. The van der Waals surface area contributed by atoms with E-state index < -0.39 is 5.97 Å². The van der Waals surface area contributed by atoms with Crippen molar-refractivity contribution in [3.05, 3.63) is 45.9 Å². The number of rotatable bonds is 3. The first-order valence-electron chi connectivity index (χ1n) is 4.97. The second-order valence-electron chi connectivity index (χ2n) is 3.65. The minimum absolute atomic E-state index is 0.0622. The van der Waals surface area contributed by atoms with Crippen molar-refractivity contribution in [1.82, 2.24) is 4.57 Å². The third kappa shape index (κ3) is 2.82. The number of carbonyl (C=O) groups is 1. The lowest BCUT2D eigenvalue weighted by molar-refractivity contribution is 0.0598. The van der Waals surface area contributed by atoms with Gasteiger partial charge in [-0.1, -0.05) is 11.6 Å². The molecule has 1 rings (SSSR count). The lowest BCUT2D eigenvalue weighted by atomic mass is 10.2. The zero-order valence-corrected chi connectivity index (χ0v) is 9.69. The molecule has 1 heterocycles. The SMILES string of the molecule is COC(=O)c1cccn(CC=C(C)C)c1=O. The van der Waals surface area contributed by atoms with Crippen LogP contribution >= 0.6 is 0 Å². The Bertz CT molecular complexity index is 467. The molecular weight excluding hydrogens is 206 g/mol. The molecule has 0 atom stereocenters. The standard InChI is InChI=1S/C12H15NO3/c1-9(2)6-8-13-7-4-5-10(11(13)14)12(15)16-3/h4-7H,8H2,1-3H3. The summed E-state index contributed by atoms with van der Waals surface area (Å²) in [5.74, 6) is -0.600. The summed E-state index contributed by atoms with van der Waals surface area (Å²) in [6.07, 6.45) is 3.57. The highest BCUT2D eigenvalue weighted by molar-refractivity contribution is 5.88. The number of hydrogen-bond acceptors (Lipinski definition) is 3. The van der Waals surface area contributed by atoms with E-state index >= 15 is 0 Å². The molecule has 0 unspecified atom stereocenters. The lowest BCUT2D eigenvalue weighted by Crippen LogP contribution is -2.25. The fraction of sp³-hybridized carbons (Fsp3) is 0.333. The van der Waals surface area contributed by atoms with E-state index in [0.717, 1.165) is 5.57 Å². The first-order valence-corrected chi connectivity index (χ1v) is 4.97. The van der Waals surface area contributed by atoms with Crippen LogP contribution in [0.15, 0.2) is 34.8 Å². The van der Waals surface area contributed by atoms with E-state index in [1.807, 2.05) is 19.9 Å². The van der Waals surface area contributed by atoms with Crippen LogP contribution in [0, 0.1) is 0 Å². The van der Waals surface area contributed by atoms with E-state index in [0.29, 0.717) is 6.54 Å². The van der Waals surface area contributed by atoms with Crippen molar-refractivity contribution in [2.24, 2.45) is 0 Å². The van der Waals surface area contributed by atoms with Gasteiger partial charge in [0.05, 0.1) is 7.11 Å². The molecule has 4 heteroatoms. The van der Waals surface area contributed by atoms with Gasteiger partial charge in [-0.05, 0) is 26.0 Å². The molecule has 0 aliphatic carbocycles. The molecule has 0 saturated heterocycles. The van der Waals surface area contributed by atoms with Crippen LogP contribution in [0.2, 0.25) is 0 Å². The number of hydrogen-bond donors (Lipinski definition) is 0. The van der Waals surface area contributed by atoms with Crippen molar-refractivity contribution >= 4 is 5.97 Å². The number of nitrogens with zero attached hydrogens (tertiary/aromatic N) is 1. The maximum Gasteiger partial charge on any atom is 0.343 e. The van der Waals surface area contributed by atoms with Crippen molar-refractivity contribution < 1.29 is 9.53 Å². The van der Waals surface area contributed by atoms with Gasteiger partial charge in [0.15, 0.2) is 0 Å². The molecule has 0 spiro atoms. The fourth-order valence-corrected chi connectivity index (χ4v) is 1.23. The van der Waals surface area contributed by atoms with E-state index in [9.17, 15) is 9.59 Å².